The van der Waals surface area contributed by atoms with Gasteiger partial charge in [0, 0.05) is 24.3 Å². The van der Waals surface area contributed by atoms with Crippen molar-refractivity contribution < 1.29 is 0 Å². The quantitative estimate of drug-likeness (QED) is 0.882. The molecule has 0 radical (unpaired) electrons. The zero-order valence-electron chi connectivity index (χ0n) is 12.2. The van der Waals surface area contributed by atoms with Crippen molar-refractivity contribution in [2.45, 2.75) is 46.2 Å². The van der Waals surface area contributed by atoms with Gasteiger partial charge < -0.3 is 5.32 Å². The van der Waals surface area contributed by atoms with Crippen LogP contribution in [0, 0.1) is 6.92 Å². The molecule has 1 aromatic carbocycles. The summed E-state index contributed by atoms with van der Waals surface area (Å²) in [6.45, 7) is 10.5. The predicted molar refractivity (Wildman–Crippen MR) is 79.0 cm³/mol. The van der Waals surface area contributed by atoms with E-state index in [-0.39, 0.29) is 5.41 Å². The lowest BCUT2D eigenvalue weighted by atomic mass is 9.87. The number of aromatic nitrogens is 2. The highest BCUT2D eigenvalue weighted by Gasteiger charge is 2.12. The van der Waals surface area contributed by atoms with E-state index in [1.54, 1.807) is 0 Å². The Labute approximate surface area is 115 Å². The molecule has 102 valence electrons. The molecular weight excluding hydrogens is 234 g/mol. The van der Waals surface area contributed by atoms with Crippen LogP contribution in [0.5, 0.6) is 0 Å². The fourth-order valence-corrected chi connectivity index (χ4v) is 2.02. The third kappa shape index (κ3) is 3.67. The Morgan fingerprint density at radius 3 is 2.32 bits per heavy atom. The monoisotopic (exact) mass is 257 g/mol. The summed E-state index contributed by atoms with van der Waals surface area (Å²) in [7, 11) is 0. The first-order valence-corrected chi connectivity index (χ1v) is 6.76. The summed E-state index contributed by atoms with van der Waals surface area (Å²) >= 11 is 0. The standard InChI is InChI=1S/C16H23N3/c1-12-14(11-18-19-12)10-17-9-13-5-7-15(8-6-13)16(2,3)4/h5-8,11,17H,9-10H2,1-4H3,(H,18,19). The van der Waals surface area contributed by atoms with Gasteiger partial charge in [0.15, 0.2) is 0 Å². The molecule has 0 aliphatic rings. The summed E-state index contributed by atoms with van der Waals surface area (Å²) in [5, 5.41) is 10.4. The second-order valence-corrected chi connectivity index (χ2v) is 6.07. The maximum Gasteiger partial charge on any atom is 0.0535 e. The van der Waals surface area contributed by atoms with Crippen molar-refractivity contribution in [1.82, 2.24) is 15.5 Å². The topological polar surface area (TPSA) is 40.7 Å². The van der Waals surface area contributed by atoms with E-state index in [4.69, 9.17) is 0 Å². The summed E-state index contributed by atoms with van der Waals surface area (Å²) in [4.78, 5) is 0. The molecule has 0 saturated carbocycles. The molecule has 2 rings (SSSR count). The zero-order valence-corrected chi connectivity index (χ0v) is 12.2. The second kappa shape index (κ2) is 5.57. The number of aromatic amines is 1. The number of benzene rings is 1. The smallest absolute Gasteiger partial charge is 0.0535 e. The fraction of sp³-hybridized carbons (Fsp3) is 0.438. The van der Waals surface area contributed by atoms with Crippen molar-refractivity contribution in [3.63, 3.8) is 0 Å². The minimum atomic E-state index is 0.222. The van der Waals surface area contributed by atoms with Crippen molar-refractivity contribution in [3.05, 3.63) is 52.8 Å². The number of hydrogen-bond donors (Lipinski definition) is 2. The van der Waals surface area contributed by atoms with Crippen LogP contribution < -0.4 is 5.32 Å². The van der Waals surface area contributed by atoms with E-state index in [0.717, 1.165) is 18.8 Å². The van der Waals surface area contributed by atoms with Gasteiger partial charge in [-0.15, -0.1) is 0 Å². The summed E-state index contributed by atoms with van der Waals surface area (Å²) in [5.74, 6) is 0. The summed E-state index contributed by atoms with van der Waals surface area (Å²) in [5.41, 5.74) is 5.28. The third-order valence-corrected chi connectivity index (χ3v) is 3.40. The van der Waals surface area contributed by atoms with E-state index >= 15 is 0 Å². The molecule has 3 nitrogen and oxygen atoms in total. The van der Waals surface area contributed by atoms with E-state index in [9.17, 15) is 0 Å². The number of nitrogens with zero attached hydrogens (tertiary/aromatic N) is 1. The molecule has 1 aromatic heterocycles. The molecule has 2 aromatic rings. The first kappa shape index (κ1) is 13.8. The lowest BCUT2D eigenvalue weighted by Crippen LogP contribution is -2.14. The van der Waals surface area contributed by atoms with Crippen LogP contribution in [-0.4, -0.2) is 10.2 Å². The van der Waals surface area contributed by atoms with Gasteiger partial charge in [-0.3, -0.25) is 5.10 Å². The van der Waals surface area contributed by atoms with Crippen LogP contribution in [0.4, 0.5) is 0 Å². The van der Waals surface area contributed by atoms with Gasteiger partial charge >= 0.3 is 0 Å². The van der Waals surface area contributed by atoms with Crippen molar-refractivity contribution in [1.29, 1.82) is 0 Å². The largest absolute Gasteiger partial charge is 0.308 e. The number of hydrogen-bond acceptors (Lipinski definition) is 2. The highest BCUT2D eigenvalue weighted by Crippen LogP contribution is 2.22. The Hall–Kier alpha value is -1.61. The normalized spacial score (nSPS) is 11.8. The Morgan fingerprint density at radius 1 is 1.11 bits per heavy atom. The van der Waals surface area contributed by atoms with Crippen LogP contribution >= 0.6 is 0 Å². The summed E-state index contributed by atoms with van der Waals surface area (Å²) in [6, 6.07) is 8.85. The van der Waals surface area contributed by atoms with Gasteiger partial charge in [0.1, 0.15) is 0 Å². The molecule has 0 aliphatic heterocycles. The highest BCUT2D eigenvalue weighted by atomic mass is 15.1. The molecule has 3 heteroatoms. The van der Waals surface area contributed by atoms with Gasteiger partial charge in [0.05, 0.1) is 6.20 Å². The van der Waals surface area contributed by atoms with E-state index < -0.39 is 0 Å². The van der Waals surface area contributed by atoms with Crippen molar-refractivity contribution in [3.8, 4) is 0 Å². The van der Waals surface area contributed by atoms with Crippen LogP contribution in [0.15, 0.2) is 30.5 Å². The predicted octanol–water partition coefficient (Wildman–Crippen LogP) is 3.31. The average Bonchev–Trinajstić information content (AvgIpc) is 2.75. The Kier molecular flexibility index (Phi) is 4.05. The first-order valence-electron chi connectivity index (χ1n) is 6.76. The third-order valence-electron chi connectivity index (χ3n) is 3.40. The zero-order chi connectivity index (χ0) is 13.9. The molecule has 0 fully saturated rings. The van der Waals surface area contributed by atoms with Gasteiger partial charge in [-0.2, -0.15) is 5.10 Å². The van der Waals surface area contributed by atoms with E-state index in [1.807, 2.05) is 13.1 Å². The molecule has 0 amide bonds. The van der Waals surface area contributed by atoms with Crippen LogP contribution in [0.2, 0.25) is 0 Å². The number of nitrogens with one attached hydrogen (secondary N) is 2. The number of aryl methyl sites for hydroxylation is 1. The molecule has 0 aliphatic carbocycles. The van der Waals surface area contributed by atoms with E-state index in [2.05, 4.69) is 60.6 Å². The SMILES string of the molecule is Cc1[nH]ncc1CNCc1ccc(C(C)(C)C)cc1. The summed E-state index contributed by atoms with van der Waals surface area (Å²) in [6.07, 6.45) is 1.88. The van der Waals surface area contributed by atoms with Crippen molar-refractivity contribution >= 4 is 0 Å². The maximum absolute atomic E-state index is 4.02. The first-order chi connectivity index (χ1) is 8.97. The van der Waals surface area contributed by atoms with Crippen LogP contribution in [0.3, 0.4) is 0 Å². The van der Waals surface area contributed by atoms with Crippen molar-refractivity contribution in [2.75, 3.05) is 0 Å². The number of H-pyrrole nitrogens is 1. The fourth-order valence-electron chi connectivity index (χ4n) is 2.02. The minimum Gasteiger partial charge on any atom is -0.308 e. The molecule has 19 heavy (non-hydrogen) atoms. The molecule has 2 N–H and O–H groups in total. The van der Waals surface area contributed by atoms with Gasteiger partial charge in [-0.1, -0.05) is 45.0 Å². The van der Waals surface area contributed by atoms with Crippen molar-refractivity contribution in [2.24, 2.45) is 0 Å². The molecule has 0 saturated heterocycles. The Bertz CT molecular complexity index is 518. The summed E-state index contributed by atoms with van der Waals surface area (Å²) < 4.78 is 0. The van der Waals surface area contributed by atoms with Gasteiger partial charge in [0.25, 0.3) is 0 Å². The van der Waals surface area contributed by atoms with Crippen LogP contribution in [0.1, 0.15) is 43.2 Å². The molecule has 0 bridgehead atoms. The van der Waals surface area contributed by atoms with E-state index in [1.165, 1.54) is 16.7 Å². The average molecular weight is 257 g/mol. The van der Waals surface area contributed by atoms with E-state index in [0.29, 0.717) is 0 Å². The Morgan fingerprint density at radius 2 is 1.79 bits per heavy atom. The maximum atomic E-state index is 4.02. The second-order valence-electron chi connectivity index (χ2n) is 6.07. The minimum absolute atomic E-state index is 0.222. The molecule has 1 heterocycles. The van der Waals surface area contributed by atoms with Gasteiger partial charge in [-0.25, -0.2) is 0 Å². The van der Waals surface area contributed by atoms with Crippen LogP contribution in [0.25, 0.3) is 0 Å². The lowest BCUT2D eigenvalue weighted by molar-refractivity contribution is 0.589. The molecule has 0 spiro atoms. The highest BCUT2D eigenvalue weighted by molar-refractivity contribution is 5.27. The Balaban J connectivity index is 1.89. The molecule has 0 unspecified atom stereocenters. The molecule has 0 atom stereocenters. The lowest BCUT2D eigenvalue weighted by Gasteiger charge is -2.19. The number of rotatable bonds is 4. The van der Waals surface area contributed by atoms with Crippen LogP contribution in [-0.2, 0) is 18.5 Å². The molecular formula is C16H23N3. The van der Waals surface area contributed by atoms with Gasteiger partial charge in [-0.05, 0) is 23.5 Å². The van der Waals surface area contributed by atoms with Gasteiger partial charge in [0.2, 0.25) is 0 Å².